The average Bonchev–Trinajstić information content (AvgIpc) is 2.84. The summed E-state index contributed by atoms with van der Waals surface area (Å²) in [6.07, 6.45) is 0. The first-order valence-corrected chi connectivity index (χ1v) is 6.07. The zero-order valence-electron chi connectivity index (χ0n) is 9.38. The Morgan fingerprint density at radius 1 is 1.33 bits per heavy atom. The van der Waals surface area contributed by atoms with Crippen molar-refractivity contribution >= 4 is 23.0 Å². The third-order valence-corrected chi connectivity index (χ3v) is 3.37. The van der Waals surface area contributed by atoms with E-state index in [-0.39, 0.29) is 5.56 Å². The number of benzene rings is 1. The van der Waals surface area contributed by atoms with E-state index in [2.05, 4.69) is 11.4 Å². The van der Waals surface area contributed by atoms with Gasteiger partial charge in [-0.05, 0) is 24.3 Å². The number of carboxylic acids is 1. The highest BCUT2D eigenvalue weighted by Gasteiger charge is 2.08. The Morgan fingerprint density at radius 3 is 2.78 bits per heavy atom. The molecule has 5 heteroatoms. The van der Waals surface area contributed by atoms with E-state index in [1.807, 2.05) is 6.07 Å². The molecule has 0 unspecified atom stereocenters. The van der Waals surface area contributed by atoms with E-state index in [9.17, 15) is 4.79 Å². The van der Waals surface area contributed by atoms with Crippen LogP contribution in [0.2, 0.25) is 0 Å². The maximum absolute atomic E-state index is 11.0. The Hall–Kier alpha value is -2.32. The fourth-order valence-electron chi connectivity index (χ4n) is 1.54. The molecule has 0 aliphatic carbocycles. The molecule has 0 atom stereocenters. The topological polar surface area (TPSA) is 73.1 Å². The van der Waals surface area contributed by atoms with Gasteiger partial charge in [0.25, 0.3) is 0 Å². The molecule has 0 saturated heterocycles. The predicted octanol–water partition coefficient (Wildman–Crippen LogP) is 2.93. The van der Waals surface area contributed by atoms with Crippen LogP contribution in [0.4, 0.5) is 5.69 Å². The molecule has 90 valence electrons. The normalized spacial score (nSPS) is 9.72. The highest BCUT2D eigenvalue weighted by molar-refractivity contribution is 7.12. The van der Waals surface area contributed by atoms with Crippen LogP contribution in [0.1, 0.15) is 20.1 Å². The first-order valence-electron chi connectivity index (χ1n) is 5.25. The first kappa shape index (κ1) is 12.1. The van der Waals surface area contributed by atoms with Crippen LogP contribution in [0, 0.1) is 11.3 Å². The molecular formula is C13H10N2O2S. The van der Waals surface area contributed by atoms with E-state index in [0.29, 0.717) is 17.1 Å². The SMILES string of the molecule is N#Cc1ccc(CNc2ccccc2C(=O)O)s1. The van der Waals surface area contributed by atoms with Gasteiger partial charge in [-0.15, -0.1) is 11.3 Å². The largest absolute Gasteiger partial charge is 0.478 e. The van der Waals surface area contributed by atoms with Gasteiger partial charge in [0.05, 0.1) is 5.56 Å². The molecule has 18 heavy (non-hydrogen) atoms. The number of hydrogen-bond donors (Lipinski definition) is 2. The fraction of sp³-hybridized carbons (Fsp3) is 0.0769. The van der Waals surface area contributed by atoms with Crippen molar-refractivity contribution in [3.63, 3.8) is 0 Å². The lowest BCUT2D eigenvalue weighted by atomic mass is 10.2. The van der Waals surface area contributed by atoms with E-state index in [1.54, 1.807) is 30.3 Å². The van der Waals surface area contributed by atoms with E-state index in [0.717, 1.165) is 4.88 Å². The van der Waals surface area contributed by atoms with Gasteiger partial charge < -0.3 is 10.4 Å². The molecule has 2 rings (SSSR count). The summed E-state index contributed by atoms with van der Waals surface area (Å²) in [7, 11) is 0. The lowest BCUT2D eigenvalue weighted by molar-refractivity contribution is 0.0698. The van der Waals surface area contributed by atoms with Crippen molar-refractivity contribution < 1.29 is 9.90 Å². The lowest BCUT2D eigenvalue weighted by Crippen LogP contribution is -2.05. The zero-order valence-corrected chi connectivity index (χ0v) is 10.2. The molecule has 1 aromatic carbocycles. The fourth-order valence-corrected chi connectivity index (χ4v) is 2.28. The summed E-state index contributed by atoms with van der Waals surface area (Å²) < 4.78 is 0. The van der Waals surface area contributed by atoms with Gasteiger partial charge in [-0.1, -0.05) is 12.1 Å². The highest BCUT2D eigenvalue weighted by atomic mass is 32.1. The van der Waals surface area contributed by atoms with E-state index in [1.165, 1.54) is 11.3 Å². The third-order valence-electron chi connectivity index (χ3n) is 2.38. The van der Waals surface area contributed by atoms with Gasteiger partial charge >= 0.3 is 5.97 Å². The quantitative estimate of drug-likeness (QED) is 0.884. The van der Waals surface area contributed by atoms with Crippen LogP contribution in [0.3, 0.4) is 0 Å². The van der Waals surface area contributed by atoms with Crippen molar-refractivity contribution in [1.82, 2.24) is 0 Å². The Balaban J connectivity index is 2.11. The van der Waals surface area contributed by atoms with Gasteiger partial charge in [-0.2, -0.15) is 5.26 Å². The number of anilines is 1. The van der Waals surface area contributed by atoms with Crippen molar-refractivity contribution in [2.75, 3.05) is 5.32 Å². The standard InChI is InChI=1S/C13H10N2O2S/c14-7-9-5-6-10(18-9)8-15-12-4-2-1-3-11(12)13(16)17/h1-6,15H,8H2,(H,16,17). The van der Waals surface area contributed by atoms with Gasteiger partial charge in [0.15, 0.2) is 0 Å². The van der Waals surface area contributed by atoms with E-state index < -0.39 is 5.97 Å². The summed E-state index contributed by atoms with van der Waals surface area (Å²) in [5, 5.41) is 20.8. The summed E-state index contributed by atoms with van der Waals surface area (Å²) in [5.41, 5.74) is 0.825. The lowest BCUT2D eigenvalue weighted by Gasteiger charge is -2.07. The van der Waals surface area contributed by atoms with Crippen molar-refractivity contribution in [1.29, 1.82) is 5.26 Å². The second-order valence-electron chi connectivity index (χ2n) is 3.58. The summed E-state index contributed by atoms with van der Waals surface area (Å²) in [6, 6.07) is 12.4. The average molecular weight is 258 g/mol. The summed E-state index contributed by atoms with van der Waals surface area (Å²) in [4.78, 5) is 12.6. The van der Waals surface area contributed by atoms with Crippen LogP contribution in [0.15, 0.2) is 36.4 Å². The first-order chi connectivity index (χ1) is 8.70. The number of nitrogens with one attached hydrogen (secondary N) is 1. The second-order valence-corrected chi connectivity index (χ2v) is 4.75. The number of nitrogens with zero attached hydrogens (tertiary/aromatic N) is 1. The predicted molar refractivity (Wildman–Crippen MR) is 69.8 cm³/mol. The Kier molecular flexibility index (Phi) is 3.60. The number of aromatic carboxylic acids is 1. The molecule has 0 aliphatic rings. The minimum atomic E-state index is -0.956. The van der Waals surface area contributed by atoms with Crippen LogP contribution in [-0.4, -0.2) is 11.1 Å². The number of thiophene rings is 1. The van der Waals surface area contributed by atoms with E-state index in [4.69, 9.17) is 10.4 Å². The number of rotatable bonds is 4. The maximum Gasteiger partial charge on any atom is 0.337 e. The van der Waals surface area contributed by atoms with Crippen LogP contribution in [0.5, 0.6) is 0 Å². The molecule has 0 aliphatic heterocycles. The van der Waals surface area contributed by atoms with Crippen LogP contribution >= 0.6 is 11.3 Å². The summed E-state index contributed by atoms with van der Waals surface area (Å²) in [5.74, 6) is -0.956. The third kappa shape index (κ3) is 2.67. The molecule has 0 saturated carbocycles. The minimum absolute atomic E-state index is 0.245. The summed E-state index contributed by atoms with van der Waals surface area (Å²) in [6.45, 7) is 0.511. The van der Waals surface area contributed by atoms with Gasteiger partial charge in [0.2, 0.25) is 0 Å². The van der Waals surface area contributed by atoms with Gasteiger partial charge in [0, 0.05) is 17.1 Å². The molecule has 0 fully saturated rings. The number of hydrogen-bond acceptors (Lipinski definition) is 4. The number of carbonyl (C=O) groups is 1. The Labute approximate surface area is 108 Å². The molecule has 0 spiro atoms. The second kappa shape index (κ2) is 5.34. The van der Waals surface area contributed by atoms with E-state index >= 15 is 0 Å². The smallest absolute Gasteiger partial charge is 0.337 e. The van der Waals surface area contributed by atoms with Gasteiger partial charge in [-0.3, -0.25) is 0 Å². The molecular weight excluding hydrogens is 248 g/mol. The molecule has 1 aromatic heterocycles. The van der Waals surface area contributed by atoms with Crippen LogP contribution in [-0.2, 0) is 6.54 Å². The molecule has 2 aromatic rings. The van der Waals surface area contributed by atoms with Crippen LogP contribution in [0.25, 0.3) is 0 Å². The van der Waals surface area contributed by atoms with Crippen molar-refractivity contribution in [3.05, 3.63) is 51.7 Å². The number of para-hydroxylation sites is 1. The van der Waals surface area contributed by atoms with Crippen molar-refractivity contribution in [2.24, 2.45) is 0 Å². The number of carboxylic acid groups (broad SMARTS) is 1. The van der Waals surface area contributed by atoms with Crippen molar-refractivity contribution in [2.45, 2.75) is 6.54 Å². The molecule has 4 nitrogen and oxygen atoms in total. The zero-order chi connectivity index (χ0) is 13.0. The van der Waals surface area contributed by atoms with Crippen LogP contribution < -0.4 is 5.32 Å². The molecule has 2 N–H and O–H groups in total. The summed E-state index contributed by atoms with van der Waals surface area (Å²) >= 11 is 1.40. The van der Waals surface area contributed by atoms with Gasteiger partial charge in [-0.25, -0.2) is 4.79 Å². The molecule has 0 amide bonds. The highest BCUT2D eigenvalue weighted by Crippen LogP contribution is 2.19. The molecule has 0 radical (unpaired) electrons. The maximum atomic E-state index is 11.0. The van der Waals surface area contributed by atoms with Crippen molar-refractivity contribution in [3.8, 4) is 6.07 Å². The van der Waals surface area contributed by atoms with Gasteiger partial charge in [0.1, 0.15) is 10.9 Å². The Morgan fingerprint density at radius 2 is 2.11 bits per heavy atom. The molecule has 0 bridgehead atoms. The monoisotopic (exact) mass is 258 g/mol. The number of nitriles is 1. The minimum Gasteiger partial charge on any atom is -0.478 e. The molecule has 1 heterocycles. The Bertz CT molecular complexity index is 613.